The number of hydrogen-bond donors (Lipinski definition) is 0. The van der Waals surface area contributed by atoms with Crippen LogP contribution in [0, 0.1) is 0 Å². The number of anilines is 6. The SMILES string of the molecule is O=P1(c2ccccc2)c2ccccc2N(c2cnc3c(c2)c2nccnc2c2ccc(N4c5ccccc5P(=O)(c5ccccc5)c5ccccc54)nc23)c2ccccc21. The lowest BCUT2D eigenvalue weighted by molar-refractivity contribution is 0.591. The van der Waals surface area contributed by atoms with E-state index in [1.165, 1.54) is 0 Å². The molecule has 0 bridgehead atoms. The highest BCUT2D eigenvalue weighted by molar-refractivity contribution is 7.86. The minimum Gasteiger partial charge on any atom is -0.308 e. The molecule has 3 aromatic heterocycles. The smallest absolute Gasteiger partial charge is 0.175 e. The van der Waals surface area contributed by atoms with Gasteiger partial charge in [-0.2, -0.15) is 0 Å². The molecule has 0 amide bonds. The number of nitrogens with zero attached hydrogens (tertiary/aromatic N) is 6. The molecule has 0 spiro atoms. The van der Waals surface area contributed by atoms with E-state index in [-0.39, 0.29) is 0 Å². The maximum absolute atomic E-state index is 15.5. The topological polar surface area (TPSA) is 92.2 Å². The van der Waals surface area contributed by atoms with Crippen LogP contribution < -0.4 is 41.6 Å². The van der Waals surface area contributed by atoms with Crippen molar-refractivity contribution in [3.8, 4) is 0 Å². The van der Waals surface area contributed by atoms with Gasteiger partial charge in [-0.25, -0.2) is 4.98 Å². The van der Waals surface area contributed by atoms with E-state index in [2.05, 4.69) is 15.9 Å². The van der Waals surface area contributed by atoms with Crippen molar-refractivity contribution in [1.82, 2.24) is 19.9 Å². The molecule has 0 aliphatic carbocycles. The highest BCUT2D eigenvalue weighted by Gasteiger charge is 2.42. The van der Waals surface area contributed by atoms with E-state index in [9.17, 15) is 0 Å². The zero-order chi connectivity index (χ0) is 40.0. The normalized spacial score (nSPS) is 14.7. The van der Waals surface area contributed by atoms with Crippen LogP contribution in [0.25, 0.3) is 32.8 Å². The first-order valence-electron chi connectivity index (χ1n) is 19.7. The number of rotatable bonds is 4. The van der Waals surface area contributed by atoms with Gasteiger partial charge >= 0.3 is 0 Å². The van der Waals surface area contributed by atoms with Crippen LogP contribution >= 0.6 is 14.3 Å². The zero-order valence-electron chi connectivity index (χ0n) is 31.9. The molecule has 60 heavy (non-hydrogen) atoms. The van der Waals surface area contributed by atoms with Crippen LogP contribution in [0.15, 0.2) is 195 Å². The summed E-state index contributed by atoms with van der Waals surface area (Å²) >= 11 is 0. The molecule has 0 radical (unpaired) electrons. The van der Waals surface area contributed by atoms with E-state index in [0.717, 1.165) is 71.0 Å². The highest BCUT2D eigenvalue weighted by atomic mass is 31.2. The predicted molar refractivity (Wildman–Crippen MR) is 245 cm³/mol. The first kappa shape index (κ1) is 34.8. The fourth-order valence-electron chi connectivity index (χ4n) is 9.18. The van der Waals surface area contributed by atoms with Crippen molar-refractivity contribution in [2.45, 2.75) is 0 Å². The molecule has 8 nitrogen and oxygen atoms in total. The molecule has 0 fully saturated rings. The lowest BCUT2D eigenvalue weighted by atomic mass is 10.1. The summed E-state index contributed by atoms with van der Waals surface area (Å²) in [5, 5.41) is 6.23. The fourth-order valence-corrected chi connectivity index (χ4v) is 15.2. The van der Waals surface area contributed by atoms with Crippen molar-refractivity contribution in [3.05, 3.63) is 195 Å². The van der Waals surface area contributed by atoms with Gasteiger partial charge in [0.05, 0.1) is 51.2 Å². The maximum Gasteiger partial charge on any atom is 0.175 e. The summed E-state index contributed by atoms with van der Waals surface area (Å²) in [5.74, 6) is 0.660. The van der Waals surface area contributed by atoms with E-state index in [1.807, 2.05) is 176 Å². The summed E-state index contributed by atoms with van der Waals surface area (Å²) in [6, 6.07) is 57.4. The Morgan fingerprint density at radius 2 is 0.800 bits per heavy atom. The molecule has 7 aromatic carbocycles. The molecule has 0 atom stereocenters. The Balaban J connectivity index is 1.08. The van der Waals surface area contributed by atoms with Gasteiger partial charge in [-0.15, -0.1) is 0 Å². The average Bonchev–Trinajstić information content (AvgIpc) is 3.32. The minimum atomic E-state index is -3.24. The number of aromatic nitrogens is 4. The van der Waals surface area contributed by atoms with Gasteiger partial charge in [0.2, 0.25) is 0 Å². The van der Waals surface area contributed by atoms with Crippen LogP contribution in [-0.4, -0.2) is 19.9 Å². The Morgan fingerprint density at radius 1 is 0.383 bits per heavy atom. The largest absolute Gasteiger partial charge is 0.308 e. The second-order valence-electron chi connectivity index (χ2n) is 14.9. The van der Waals surface area contributed by atoms with Crippen LogP contribution in [0.5, 0.6) is 0 Å². The van der Waals surface area contributed by atoms with Crippen LogP contribution in [0.1, 0.15) is 0 Å². The molecule has 5 heterocycles. The van der Waals surface area contributed by atoms with E-state index in [4.69, 9.17) is 19.9 Å². The van der Waals surface area contributed by atoms with E-state index in [1.54, 1.807) is 12.4 Å². The quantitative estimate of drug-likeness (QED) is 0.128. The third kappa shape index (κ3) is 4.80. The lowest BCUT2D eigenvalue weighted by Gasteiger charge is -2.37. The predicted octanol–water partition coefficient (Wildman–Crippen LogP) is 9.57. The molecule has 12 rings (SSSR count). The van der Waals surface area contributed by atoms with Crippen molar-refractivity contribution in [1.29, 1.82) is 0 Å². The van der Waals surface area contributed by atoms with Gasteiger partial charge in [0.25, 0.3) is 0 Å². The van der Waals surface area contributed by atoms with Crippen molar-refractivity contribution in [2.24, 2.45) is 0 Å². The summed E-state index contributed by atoms with van der Waals surface area (Å²) in [6.07, 6.45) is 5.28. The zero-order valence-corrected chi connectivity index (χ0v) is 33.7. The summed E-state index contributed by atoms with van der Waals surface area (Å²) in [7, 11) is -6.47. The second-order valence-corrected chi connectivity index (χ2v) is 20.3. The van der Waals surface area contributed by atoms with E-state index >= 15 is 9.13 Å². The number of para-hydroxylation sites is 4. The molecule has 0 N–H and O–H groups in total. The summed E-state index contributed by atoms with van der Waals surface area (Å²) in [5.41, 5.74) is 6.82. The Kier molecular flexibility index (Phi) is 7.61. The second kappa shape index (κ2) is 13.1. The van der Waals surface area contributed by atoms with Gasteiger partial charge in [-0.1, -0.05) is 109 Å². The van der Waals surface area contributed by atoms with Gasteiger partial charge in [-0.05, 0) is 66.7 Å². The molecular formula is C50H32N6O2P2. The third-order valence-corrected chi connectivity index (χ3v) is 18.0. The molecule has 10 heteroatoms. The first-order valence-corrected chi connectivity index (χ1v) is 23.1. The van der Waals surface area contributed by atoms with Crippen LogP contribution in [0.4, 0.5) is 34.3 Å². The number of pyridine rings is 2. The first-order chi connectivity index (χ1) is 29.5. The van der Waals surface area contributed by atoms with Crippen molar-refractivity contribution in [3.63, 3.8) is 0 Å². The molecule has 284 valence electrons. The third-order valence-electron chi connectivity index (χ3n) is 11.8. The molecule has 0 unspecified atom stereocenters. The van der Waals surface area contributed by atoms with Crippen LogP contribution in [0.2, 0.25) is 0 Å². The van der Waals surface area contributed by atoms with Gasteiger partial charge in [0.1, 0.15) is 11.3 Å². The summed E-state index contributed by atoms with van der Waals surface area (Å²) in [4.78, 5) is 24.6. The molecule has 2 aliphatic heterocycles. The monoisotopic (exact) mass is 810 g/mol. The van der Waals surface area contributed by atoms with E-state index < -0.39 is 14.3 Å². The molecule has 0 saturated carbocycles. The van der Waals surface area contributed by atoms with Gasteiger partial charge in [0, 0.05) is 55.0 Å². The standard InChI is InChI=1S/C50H32N6O2P2/c57-59(34-15-3-1-4-16-34)42-23-11-7-19-38(42)55(39-20-8-12-24-43(39)59)33-31-37-48-47(51-29-30-52-48)36-27-28-46(54-50(36)49(37)53-32-33)56-40-21-9-13-25-44(40)60(58,35-17-5-2-6-18-35)45-26-14-10-22-41(45)56/h1-32H. The number of benzene rings is 7. The maximum atomic E-state index is 15.5. The number of fused-ring (bicyclic) bond motifs is 10. The van der Waals surface area contributed by atoms with Gasteiger partial charge in [0.15, 0.2) is 14.3 Å². The van der Waals surface area contributed by atoms with Crippen molar-refractivity contribution < 1.29 is 9.13 Å². The molecular weight excluding hydrogens is 779 g/mol. The summed E-state index contributed by atoms with van der Waals surface area (Å²) in [6.45, 7) is 0. The average molecular weight is 811 g/mol. The molecule has 0 saturated heterocycles. The van der Waals surface area contributed by atoms with Crippen LogP contribution in [0.3, 0.4) is 0 Å². The molecule has 2 aliphatic rings. The highest BCUT2D eigenvalue weighted by Crippen LogP contribution is 2.55. The Bertz CT molecular complexity index is 3200. The Labute approximate surface area is 345 Å². The minimum absolute atomic E-state index is 0.660. The fraction of sp³-hybridized carbons (Fsp3) is 0. The number of hydrogen-bond acceptors (Lipinski definition) is 8. The Morgan fingerprint density at radius 3 is 1.30 bits per heavy atom. The van der Waals surface area contributed by atoms with Crippen LogP contribution in [-0.2, 0) is 9.13 Å². The summed E-state index contributed by atoms with van der Waals surface area (Å²) < 4.78 is 31.0. The molecule has 10 aromatic rings. The van der Waals surface area contributed by atoms with Crippen molar-refractivity contribution in [2.75, 3.05) is 9.80 Å². The Hall–Kier alpha value is -7.24. The van der Waals surface area contributed by atoms with E-state index in [0.29, 0.717) is 27.9 Å². The lowest BCUT2D eigenvalue weighted by Crippen LogP contribution is -2.36. The van der Waals surface area contributed by atoms with Gasteiger partial charge in [-0.3, -0.25) is 19.9 Å². The van der Waals surface area contributed by atoms with Gasteiger partial charge < -0.3 is 14.0 Å². The van der Waals surface area contributed by atoms with Crippen molar-refractivity contribution >= 4 is 113 Å².